The summed E-state index contributed by atoms with van der Waals surface area (Å²) in [5.74, 6) is 0.557. The van der Waals surface area contributed by atoms with Crippen molar-refractivity contribution in [2.75, 3.05) is 13.7 Å². The van der Waals surface area contributed by atoms with Gasteiger partial charge in [-0.15, -0.1) is 0 Å². The molecule has 15 heavy (non-hydrogen) atoms. The summed E-state index contributed by atoms with van der Waals surface area (Å²) in [6.45, 7) is 3.77. The summed E-state index contributed by atoms with van der Waals surface area (Å²) in [6, 6.07) is 1.38. The highest BCUT2D eigenvalue weighted by Crippen LogP contribution is 2.36. The zero-order valence-corrected chi connectivity index (χ0v) is 9.93. The number of hydrogen-bond donors (Lipinski definition) is 2. The van der Waals surface area contributed by atoms with Crippen molar-refractivity contribution >= 4 is 11.6 Å². The Bertz CT molecular complexity index is 366. The largest absolute Gasteiger partial charge is 0.495 e. The van der Waals surface area contributed by atoms with Gasteiger partial charge in [0.15, 0.2) is 0 Å². The predicted molar refractivity (Wildman–Crippen MR) is 61.5 cm³/mol. The molecule has 1 aromatic carbocycles. The average Bonchev–Trinajstić information content (AvgIpc) is 2.21. The second-order valence-corrected chi connectivity index (χ2v) is 3.94. The first kappa shape index (κ1) is 12.3. The molecule has 0 aliphatic carbocycles. The van der Waals surface area contributed by atoms with E-state index in [1.165, 1.54) is 0 Å². The zero-order chi connectivity index (χ0) is 11.6. The third kappa shape index (κ3) is 2.25. The minimum absolute atomic E-state index is 0.128. The fourth-order valence-electron chi connectivity index (χ4n) is 1.62. The van der Waals surface area contributed by atoms with Crippen LogP contribution < -0.4 is 10.5 Å². The average molecular weight is 230 g/mol. The molecule has 1 unspecified atom stereocenters. The van der Waals surface area contributed by atoms with Crippen LogP contribution in [0.25, 0.3) is 0 Å². The van der Waals surface area contributed by atoms with E-state index in [0.717, 1.165) is 16.7 Å². The number of rotatable bonds is 3. The fourth-order valence-corrected chi connectivity index (χ4v) is 1.96. The molecule has 0 heterocycles. The van der Waals surface area contributed by atoms with Gasteiger partial charge in [0.2, 0.25) is 0 Å². The van der Waals surface area contributed by atoms with Gasteiger partial charge in [-0.2, -0.15) is 0 Å². The van der Waals surface area contributed by atoms with Crippen LogP contribution in [-0.4, -0.2) is 18.8 Å². The first-order valence-electron chi connectivity index (χ1n) is 4.73. The molecule has 0 bridgehead atoms. The highest BCUT2D eigenvalue weighted by molar-refractivity contribution is 6.32. The number of benzene rings is 1. The predicted octanol–water partition coefficient (Wildman–Crippen LogP) is 1.96. The van der Waals surface area contributed by atoms with E-state index >= 15 is 0 Å². The molecule has 0 saturated heterocycles. The third-order valence-electron chi connectivity index (χ3n) is 2.57. The maximum Gasteiger partial charge on any atom is 0.142 e. The second kappa shape index (κ2) is 4.84. The van der Waals surface area contributed by atoms with Crippen LogP contribution in [0.5, 0.6) is 5.75 Å². The minimum Gasteiger partial charge on any atom is -0.495 e. The Labute approximate surface area is 94.8 Å². The number of aliphatic hydroxyl groups excluding tert-OH is 1. The lowest BCUT2D eigenvalue weighted by molar-refractivity contribution is 0.264. The van der Waals surface area contributed by atoms with Crippen LogP contribution in [0.2, 0.25) is 5.02 Å². The molecular weight excluding hydrogens is 214 g/mol. The molecule has 1 rings (SSSR count). The lowest BCUT2D eigenvalue weighted by Crippen LogP contribution is -2.17. The van der Waals surface area contributed by atoms with Gasteiger partial charge in [-0.3, -0.25) is 0 Å². The maximum absolute atomic E-state index is 9.09. The first-order valence-corrected chi connectivity index (χ1v) is 5.10. The molecule has 0 radical (unpaired) electrons. The highest BCUT2D eigenvalue weighted by Gasteiger charge is 2.18. The molecule has 4 heteroatoms. The number of nitrogens with two attached hydrogens (primary N) is 1. The first-order chi connectivity index (χ1) is 7.02. The molecule has 0 amide bonds. The summed E-state index contributed by atoms with van der Waals surface area (Å²) in [6.07, 6.45) is 0. The Morgan fingerprint density at radius 3 is 2.60 bits per heavy atom. The minimum atomic E-state index is -0.461. The number of halogens is 1. The van der Waals surface area contributed by atoms with E-state index in [1.807, 2.05) is 19.9 Å². The third-order valence-corrected chi connectivity index (χ3v) is 2.85. The molecule has 0 spiro atoms. The summed E-state index contributed by atoms with van der Waals surface area (Å²) in [7, 11) is 1.55. The smallest absolute Gasteiger partial charge is 0.142 e. The van der Waals surface area contributed by atoms with E-state index in [1.54, 1.807) is 7.11 Å². The van der Waals surface area contributed by atoms with Crippen LogP contribution in [0.4, 0.5) is 0 Å². The van der Waals surface area contributed by atoms with Crippen molar-refractivity contribution in [3.8, 4) is 5.75 Å². The SMILES string of the molecule is COc1c(Cl)cc(C)c(C)c1C(N)CO. The van der Waals surface area contributed by atoms with E-state index in [9.17, 15) is 0 Å². The number of aryl methyl sites for hydroxylation is 1. The van der Waals surface area contributed by atoms with Crippen LogP contribution in [0, 0.1) is 13.8 Å². The Hall–Kier alpha value is -0.770. The monoisotopic (exact) mass is 229 g/mol. The summed E-state index contributed by atoms with van der Waals surface area (Å²) < 4.78 is 5.21. The molecule has 3 nitrogen and oxygen atoms in total. The van der Waals surface area contributed by atoms with Gasteiger partial charge >= 0.3 is 0 Å². The number of methoxy groups -OCH3 is 1. The van der Waals surface area contributed by atoms with E-state index in [2.05, 4.69) is 0 Å². The van der Waals surface area contributed by atoms with Gasteiger partial charge in [0.1, 0.15) is 5.75 Å². The summed E-state index contributed by atoms with van der Waals surface area (Å²) in [5, 5.41) is 9.62. The Morgan fingerprint density at radius 2 is 2.13 bits per heavy atom. The van der Waals surface area contributed by atoms with Crippen LogP contribution in [-0.2, 0) is 0 Å². The van der Waals surface area contributed by atoms with Crippen molar-refractivity contribution in [3.05, 3.63) is 27.8 Å². The van der Waals surface area contributed by atoms with Gasteiger partial charge < -0.3 is 15.6 Å². The van der Waals surface area contributed by atoms with Crippen molar-refractivity contribution < 1.29 is 9.84 Å². The van der Waals surface area contributed by atoms with Gasteiger partial charge in [0, 0.05) is 5.56 Å². The van der Waals surface area contributed by atoms with Gasteiger partial charge in [0.05, 0.1) is 24.8 Å². The van der Waals surface area contributed by atoms with Crippen molar-refractivity contribution in [1.29, 1.82) is 0 Å². The van der Waals surface area contributed by atoms with E-state index < -0.39 is 6.04 Å². The van der Waals surface area contributed by atoms with Crippen LogP contribution in [0.1, 0.15) is 22.7 Å². The lowest BCUT2D eigenvalue weighted by Gasteiger charge is -2.19. The number of aliphatic hydroxyl groups is 1. The zero-order valence-electron chi connectivity index (χ0n) is 9.17. The fraction of sp³-hybridized carbons (Fsp3) is 0.455. The van der Waals surface area contributed by atoms with Crippen molar-refractivity contribution in [3.63, 3.8) is 0 Å². The molecular formula is C11H16ClNO2. The van der Waals surface area contributed by atoms with Crippen LogP contribution in [0.3, 0.4) is 0 Å². The molecule has 0 aliphatic rings. The number of hydrogen-bond acceptors (Lipinski definition) is 3. The molecule has 3 N–H and O–H groups in total. The van der Waals surface area contributed by atoms with Crippen molar-refractivity contribution in [2.24, 2.45) is 5.73 Å². The van der Waals surface area contributed by atoms with Crippen LogP contribution >= 0.6 is 11.6 Å². The maximum atomic E-state index is 9.09. The molecule has 1 atom stereocenters. The summed E-state index contributed by atoms with van der Waals surface area (Å²) in [5.41, 5.74) is 8.66. The topological polar surface area (TPSA) is 55.5 Å². The standard InChI is InChI=1S/C11H16ClNO2/c1-6-4-8(12)11(15-3)10(7(6)2)9(13)5-14/h4,9,14H,5,13H2,1-3H3. The molecule has 0 saturated carbocycles. The second-order valence-electron chi connectivity index (χ2n) is 3.54. The number of ether oxygens (including phenoxy) is 1. The molecule has 0 aliphatic heterocycles. The van der Waals surface area contributed by atoms with Crippen molar-refractivity contribution in [1.82, 2.24) is 0 Å². The Kier molecular flexibility index (Phi) is 3.97. The summed E-state index contributed by atoms with van der Waals surface area (Å²) >= 11 is 6.05. The van der Waals surface area contributed by atoms with Gasteiger partial charge in [0.25, 0.3) is 0 Å². The quantitative estimate of drug-likeness (QED) is 0.833. The lowest BCUT2D eigenvalue weighted by atomic mass is 9.97. The Balaban J connectivity index is 3.43. The molecule has 1 aromatic rings. The molecule has 84 valence electrons. The van der Waals surface area contributed by atoms with Gasteiger partial charge in [-0.25, -0.2) is 0 Å². The summed E-state index contributed by atoms with van der Waals surface area (Å²) in [4.78, 5) is 0. The Morgan fingerprint density at radius 1 is 1.53 bits per heavy atom. The molecule has 0 fully saturated rings. The molecule has 0 aromatic heterocycles. The van der Waals surface area contributed by atoms with E-state index in [4.69, 9.17) is 27.2 Å². The van der Waals surface area contributed by atoms with Gasteiger partial charge in [-0.1, -0.05) is 11.6 Å². The van der Waals surface area contributed by atoms with E-state index in [-0.39, 0.29) is 6.61 Å². The van der Waals surface area contributed by atoms with Gasteiger partial charge in [-0.05, 0) is 31.0 Å². The highest BCUT2D eigenvalue weighted by atomic mass is 35.5. The normalized spacial score (nSPS) is 12.7. The van der Waals surface area contributed by atoms with Crippen molar-refractivity contribution in [2.45, 2.75) is 19.9 Å². The van der Waals surface area contributed by atoms with Crippen LogP contribution in [0.15, 0.2) is 6.07 Å². The van der Waals surface area contributed by atoms with E-state index in [0.29, 0.717) is 10.8 Å².